The third kappa shape index (κ3) is 2.18. The summed E-state index contributed by atoms with van der Waals surface area (Å²) in [5.41, 5.74) is 7.28. The Bertz CT molecular complexity index is 378. The van der Waals surface area contributed by atoms with Gasteiger partial charge in [-0.3, -0.25) is 0 Å². The number of nitrogens with zero attached hydrogens (tertiary/aromatic N) is 3. The Balaban J connectivity index is 3.31. The topological polar surface area (TPSA) is 48.8 Å². The molecule has 0 amide bonds. The zero-order valence-electron chi connectivity index (χ0n) is 6.59. The Kier molecular flexibility index (Phi) is 3.38. The van der Waals surface area contributed by atoms with E-state index in [9.17, 15) is 13.2 Å². The molecular formula is C7H3BrF3N3. The van der Waals surface area contributed by atoms with Crippen molar-refractivity contribution in [3.63, 3.8) is 0 Å². The van der Waals surface area contributed by atoms with Crippen molar-refractivity contribution in [2.45, 2.75) is 6.43 Å². The number of azide groups is 1. The maximum Gasteiger partial charge on any atom is 0.263 e. The maximum atomic E-state index is 13.0. The number of alkyl halides is 2. The fraction of sp³-hybridized carbons (Fsp3) is 0.143. The van der Waals surface area contributed by atoms with Gasteiger partial charge in [0.05, 0.1) is 5.69 Å². The number of halogens is 4. The minimum atomic E-state index is -2.76. The van der Waals surface area contributed by atoms with Crippen molar-refractivity contribution in [3.05, 3.63) is 38.4 Å². The van der Waals surface area contributed by atoms with Crippen molar-refractivity contribution in [1.29, 1.82) is 0 Å². The van der Waals surface area contributed by atoms with Gasteiger partial charge in [-0.1, -0.05) is 21.0 Å². The van der Waals surface area contributed by atoms with Crippen LogP contribution in [0.1, 0.15) is 12.0 Å². The highest BCUT2D eigenvalue weighted by Crippen LogP contribution is 2.33. The molecule has 0 unspecified atom stereocenters. The van der Waals surface area contributed by atoms with Crippen molar-refractivity contribution in [3.8, 4) is 0 Å². The van der Waals surface area contributed by atoms with Gasteiger partial charge < -0.3 is 0 Å². The van der Waals surface area contributed by atoms with E-state index >= 15 is 0 Å². The van der Waals surface area contributed by atoms with Crippen molar-refractivity contribution < 1.29 is 13.2 Å². The molecule has 0 aliphatic heterocycles. The first kappa shape index (κ1) is 10.9. The molecule has 0 bridgehead atoms. The summed E-state index contributed by atoms with van der Waals surface area (Å²) < 4.78 is 37.3. The van der Waals surface area contributed by atoms with Crippen molar-refractivity contribution in [2.24, 2.45) is 5.11 Å². The van der Waals surface area contributed by atoms with Crippen molar-refractivity contribution in [2.75, 3.05) is 0 Å². The molecule has 0 aliphatic rings. The highest BCUT2D eigenvalue weighted by atomic mass is 79.9. The summed E-state index contributed by atoms with van der Waals surface area (Å²) >= 11 is 2.83. The summed E-state index contributed by atoms with van der Waals surface area (Å²) in [7, 11) is 0. The third-order valence-electron chi connectivity index (χ3n) is 1.44. The monoisotopic (exact) mass is 265 g/mol. The summed E-state index contributed by atoms with van der Waals surface area (Å²) in [5, 5.41) is 3.02. The average Bonchev–Trinajstić information content (AvgIpc) is 2.10. The van der Waals surface area contributed by atoms with E-state index < -0.39 is 17.8 Å². The number of hydrogen-bond acceptors (Lipinski definition) is 1. The molecule has 7 heteroatoms. The van der Waals surface area contributed by atoms with Gasteiger partial charge >= 0.3 is 0 Å². The lowest BCUT2D eigenvalue weighted by molar-refractivity contribution is 0.151. The van der Waals surface area contributed by atoms with Gasteiger partial charge in [-0.25, -0.2) is 13.2 Å². The van der Waals surface area contributed by atoms with Crippen LogP contribution in [0.2, 0.25) is 0 Å². The van der Waals surface area contributed by atoms with Crippen LogP contribution in [0, 0.1) is 5.82 Å². The van der Waals surface area contributed by atoms with Crippen LogP contribution < -0.4 is 0 Å². The first-order valence-electron chi connectivity index (χ1n) is 3.38. The summed E-state index contributed by atoms with van der Waals surface area (Å²) in [5.74, 6) is -0.979. The molecule has 0 heterocycles. The first-order valence-corrected chi connectivity index (χ1v) is 4.17. The van der Waals surface area contributed by atoms with Gasteiger partial charge in [-0.15, -0.1) is 0 Å². The van der Waals surface area contributed by atoms with Crippen LogP contribution >= 0.6 is 15.9 Å². The molecule has 0 atom stereocenters. The van der Waals surface area contributed by atoms with E-state index in [-0.39, 0.29) is 10.2 Å². The Hall–Kier alpha value is -1.20. The van der Waals surface area contributed by atoms with Crippen LogP contribution in [0.25, 0.3) is 10.4 Å². The largest absolute Gasteiger partial charge is 0.263 e. The summed E-state index contributed by atoms with van der Waals surface area (Å²) in [6, 6.07) is 1.65. The van der Waals surface area contributed by atoms with Gasteiger partial charge in [0, 0.05) is 14.9 Å². The molecular weight excluding hydrogens is 263 g/mol. The summed E-state index contributed by atoms with van der Waals surface area (Å²) in [4.78, 5) is 2.37. The molecule has 0 aromatic heterocycles. The lowest BCUT2D eigenvalue weighted by atomic mass is 10.2. The fourth-order valence-electron chi connectivity index (χ4n) is 0.851. The van der Waals surface area contributed by atoms with Crippen molar-refractivity contribution >= 4 is 21.6 Å². The Morgan fingerprint density at radius 3 is 2.50 bits per heavy atom. The molecule has 14 heavy (non-hydrogen) atoms. The highest BCUT2D eigenvalue weighted by molar-refractivity contribution is 9.10. The highest BCUT2D eigenvalue weighted by Gasteiger charge is 2.13. The van der Waals surface area contributed by atoms with Crippen LogP contribution in [0.3, 0.4) is 0 Å². The molecule has 0 saturated heterocycles. The molecule has 1 rings (SSSR count). The van der Waals surface area contributed by atoms with E-state index in [4.69, 9.17) is 5.53 Å². The Labute approximate surface area is 85.3 Å². The van der Waals surface area contributed by atoms with Crippen molar-refractivity contribution in [1.82, 2.24) is 0 Å². The second kappa shape index (κ2) is 4.34. The minimum absolute atomic E-state index is 0.00519. The molecule has 0 N–H and O–H groups in total. The van der Waals surface area contributed by atoms with Gasteiger partial charge in [0.1, 0.15) is 5.82 Å². The van der Waals surface area contributed by atoms with E-state index in [0.29, 0.717) is 6.07 Å². The maximum absolute atomic E-state index is 13.0. The van der Waals surface area contributed by atoms with E-state index in [1.807, 2.05) is 0 Å². The van der Waals surface area contributed by atoms with Crippen LogP contribution in [-0.2, 0) is 0 Å². The third-order valence-corrected chi connectivity index (χ3v) is 2.04. The number of benzene rings is 1. The Morgan fingerprint density at radius 1 is 1.43 bits per heavy atom. The van der Waals surface area contributed by atoms with Crippen LogP contribution in [-0.4, -0.2) is 0 Å². The number of hydrogen-bond donors (Lipinski definition) is 0. The fourth-order valence-corrected chi connectivity index (χ4v) is 1.38. The lowest BCUT2D eigenvalue weighted by Gasteiger charge is -2.03. The molecule has 1 aromatic carbocycles. The van der Waals surface area contributed by atoms with Gasteiger partial charge in [-0.2, -0.15) is 0 Å². The average molecular weight is 266 g/mol. The van der Waals surface area contributed by atoms with Crippen LogP contribution in [0.4, 0.5) is 18.9 Å². The zero-order valence-corrected chi connectivity index (χ0v) is 8.17. The first-order chi connectivity index (χ1) is 6.56. The minimum Gasteiger partial charge on any atom is -0.206 e. The lowest BCUT2D eigenvalue weighted by Crippen LogP contribution is -1.87. The predicted molar refractivity (Wildman–Crippen MR) is 47.9 cm³/mol. The van der Waals surface area contributed by atoms with Gasteiger partial charge in [0.2, 0.25) is 0 Å². The molecule has 0 fully saturated rings. The molecule has 74 valence electrons. The van der Waals surface area contributed by atoms with Gasteiger partial charge in [0.25, 0.3) is 6.43 Å². The molecule has 3 nitrogen and oxygen atoms in total. The molecule has 0 aliphatic carbocycles. The molecule has 0 saturated carbocycles. The second-order valence-corrected chi connectivity index (χ2v) is 3.18. The quantitative estimate of drug-likeness (QED) is 0.431. The second-order valence-electron chi connectivity index (χ2n) is 2.32. The SMILES string of the molecule is [N-]=[N+]=Nc1c(F)cc(C(F)F)cc1Br. The van der Waals surface area contributed by atoms with Gasteiger partial charge in [-0.05, 0) is 17.7 Å². The van der Waals surface area contributed by atoms with E-state index in [0.717, 1.165) is 6.07 Å². The van der Waals surface area contributed by atoms with Gasteiger partial charge in [0.15, 0.2) is 0 Å². The molecule has 0 radical (unpaired) electrons. The molecule has 1 aromatic rings. The normalized spacial score (nSPS) is 10.1. The van der Waals surface area contributed by atoms with Crippen LogP contribution in [0.15, 0.2) is 21.7 Å². The predicted octanol–water partition coefficient (Wildman–Crippen LogP) is 4.47. The van der Waals surface area contributed by atoms with E-state index in [1.165, 1.54) is 0 Å². The van der Waals surface area contributed by atoms with E-state index in [2.05, 4.69) is 26.0 Å². The summed E-state index contributed by atoms with van der Waals surface area (Å²) in [6.07, 6.45) is -2.76. The number of rotatable bonds is 2. The van der Waals surface area contributed by atoms with Crippen LogP contribution in [0.5, 0.6) is 0 Å². The standard InChI is InChI=1S/C7H3BrF3N3/c8-4-1-3(7(10)11)2-5(9)6(4)13-14-12/h1-2,7H. The summed E-state index contributed by atoms with van der Waals surface area (Å²) in [6.45, 7) is 0. The Morgan fingerprint density at radius 2 is 2.07 bits per heavy atom. The molecule has 0 spiro atoms. The zero-order chi connectivity index (χ0) is 10.7. The van der Waals surface area contributed by atoms with E-state index in [1.54, 1.807) is 0 Å². The smallest absolute Gasteiger partial charge is 0.206 e.